The summed E-state index contributed by atoms with van der Waals surface area (Å²) < 4.78 is 0. The van der Waals surface area contributed by atoms with Gasteiger partial charge in [-0.15, -0.1) is 12.4 Å². The SMILES string of the molecule is CC(C)CCC1CCCN1C(=O)[C@H]1CCN[C@@H](C)C1.Cl. The highest BCUT2D eigenvalue weighted by molar-refractivity contribution is 5.85. The van der Waals surface area contributed by atoms with Crippen LogP contribution in [0.1, 0.15) is 59.3 Å². The molecule has 3 atom stereocenters. The van der Waals surface area contributed by atoms with Gasteiger partial charge in [-0.25, -0.2) is 0 Å². The number of likely N-dealkylation sites (tertiary alicyclic amines) is 1. The lowest BCUT2D eigenvalue weighted by atomic mass is 9.91. The van der Waals surface area contributed by atoms with E-state index < -0.39 is 0 Å². The number of nitrogens with zero attached hydrogens (tertiary/aromatic N) is 1. The van der Waals surface area contributed by atoms with Gasteiger partial charge in [0.1, 0.15) is 0 Å². The van der Waals surface area contributed by atoms with Crippen molar-refractivity contribution in [2.24, 2.45) is 11.8 Å². The average Bonchev–Trinajstić information content (AvgIpc) is 2.83. The summed E-state index contributed by atoms with van der Waals surface area (Å²) in [5.41, 5.74) is 0. The number of carbonyl (C=O) groups excluding carboxylic acids is 1. The third-order valence-corrected chi connectivity index (χ3v) is 4.71. The molecule has 1 amide bonds. The highest BCUT2D eigenvalue weighted by Crippen LogP contribution is 2.27. The number of hydrogen-bond acceptors (Lipinski definition) is 2. The number of nitrogens with one attached hydrogen (secondary N) is 1. The second kappa shape index (κ2) is 8.23. The van der Waals surface area contributed by atoms with Crippen molar-refractivity contribution >= 4 is 18.3 Å². The van der Waals surface area contributed by atoms with Crippen LogP contribution in [0.3, 0.4) is 0 Å². The van der Waals surface area contributed by atoms with Crippen molar-refractivity contribution in [2.45, 2.75) is 71.4 Å². The molecule has 0 radical (unpaired) electrons. The van der Waals surface area contributed by atoms with Crippen molar-refractivity contribution < 1.29 is 4.79 Å². The zero-order valence-corrected chi connectivity index (χ0v) is 14.0. The van der Waals surface area contributed by atoms with Crippen LogP contribution in [0.25, 0.3) is 0 Å². The molecule has 2 fully saturated rings. The Bertz CT molecular complexity index is 309. The van der Waals surface area contributed by atoms with Crippen molar-refractivity contribution in [3.8, 4) is 0 Å². The molecular weight excluding hydrogens is 272 g/mol. The third kappa shape index (κ3) is 4.63. The second-order valence-electron chi connectivity index (χ2n) is 6.88. The second-order valence-corrected chi connectivity index (χ2v) is 6.88. The highest BCUT2D eigenvalue weighted by atomic mass is 35.5. The molecule has 0 aromatic carbocycles. The van der Waals surface area contributed by atoms with Crippen LogP contribution in [0.5, 0.6) is 0 Å². The summed E-state index contributed by atoms with van der Waals surface area (Å²) in [7, 11) is 0. The van der Waals surface area contributed by atoms with Crippen LogP contribution in [0.2, 0.25) is 0 Å². The van der Waals surface area contributed by atoms with Crippen molar-refractivity contribution in [3.63, 3.8) is 0 Å². The summed E-state index contributed by atoms with van der Waals surface area (Å²) >= 11 is 0. The number of piperidine rings is 1. The topological polar surface area (TPSA) is 32.3 Å². The van der Waals surface area contributed by atoms with E-state index in [2.05, 4.69) is 31.0 Å². The summed E-state index contributed by atoms with van der Waals surface area (Å²) in [6.45, 7) is 8.74. The standard InChI is InChI=1S/C16H30N2O.ClH/c1-12(2)6-7-15-5-4-10-18(15)16(19)14-8-9-17-13(3)11-14;/h12-15,17H,4-11H2,1-3H3;1H/t13-,14-,15?;/m0./s1. The Balaban J connectivity index is 0.00000200. The van der Waals surface area contributed by atoms with E-state index in [1.165, 1.54) is 25.7 Å². The molecule has 1 unspecified atom stereocenters. The first-order chi connectivity index (χ1) is 9.08. The maximum absolute atomic E-state index is 12.7. The largest absolute Gasteiger partial charge is 0.339 e. The molecule has 2 heterocycles. The lowest BCUT2D eigenvalue weighted by Crippen LogP contribution is -2.45. The van der Waals surface area contributed by atoms with Crippen molar-refractivity contribution in [3.05, 3.63) is 0 Å². The molecule has 20 heavy (non-hydrogen) atoms. The molecule has 2 rings (SSSR count). The van der Waals surface area contributed by atoms with Gasteiger partial charge in [0.25, 0.3) is 0 Å². The Morgan fingerprint density at radius 1 is 1.35 bits per heavy atom. The third-order valence-electron chi connectivity index (χ3n) is 4.71. The smallest absolute Gasteiger partial charge is 0.226 e. The minimum absolute atomic E-state index is 0. The van der Waals surface area contributed by atoms with E-state index >= 15 is 0 Å². The zero-order chi connectivity index (χ0) is 13.8. The number of rotatable bonds is 4. The van der Waals surface area contributed by atoms with E-state index in [0.29, 0.717) is 18.0 Å². The molecule has 2 saturated heterocycles. The molecule has 1 N–H and O–H groups in total. The van der Waals surface area contributed by atoms with E-state index in [1.54, 1.807) is 0 Å². The van der Waals surface area contributed by atoms with Crippen molar-refractivity contribution in [1.82, 2.24) is 10.2 Å². The first-order valence-electron chi connectivity index (χ1n) is 8.11. The predicted molar refractivity (Wildman–Crippen MR) is 86.2 cm³/mol. The molecule has 2 aliphatic rings. The van der Waals surface area contributed by atoms with Crippen LogP contribution >= 0.6 is 12.4 Å². The Morgan fingerprint density at radius 2 is 2.10 bits per heavy atom. The Kier molecular flexibility index (Phi) is 7.32. The molecule has 118 valence electrons. The van der Waals surface area contributed by atoms with Crippen molar-refractivity contribution in [1.29, 1.82) is 0 Å². The Labute approximate surface area is 130 Å². The first-order valence-corrected chi connectivity index (χ1v) is 8.11. The predicted octanol–water partition coefficient (Wildman–Crippen LogP) is 3.22. The summed E-state index contributed by atoms with van der Waals surface area (Å²) in [5, 5.41) is 3.44. The quantitative estimate of drug-likeness (QED) is 0.865. The van der Waals surface area contributed by atoms with Gasteiger partial charge in [0.2, 0.25) is 5.91 Å². The van der Waals surface area contributed by atoms with Gasteiger partial charge in [-0.3, -0.25) is 4.79 Å². The van der Waals surface area contributed by atoms with E-state index in [-0.39, 0.29) is 18.3 Å². The number of carbonyl (C=O) groups is 1. The van der Waals surface area contributed by atoms with Gasteiger partial charge < -0.3 is 10.2 Å². The van der Waals surface area contributed by atoms with E-state index in [1.807, 2.05) is 0 Å². The molecule has 0 saturated carbocycles. The zero-order valence-electron chi connectivity index (χ0n) is 13.2. The normalized spacial score (nSPS) is 30.4. The molecular formula is C16H31ClN2O. The fraction of sp³-hybridized carbons (Fsp3) is 0.938. The molecule has 2 aliphatic heterocycles. The summed E-state index contributed by atoms with van der Waals surface area (Å²) in [6, 6.07) is 1.03. The Morgan fingerprint density at radius 3 is 2.75 bits per heavy atom. The fourth-order valence-corrected chi connectivity index (χ4v) is 3.54. The monoisotopic (exact) mass is 302 g/mol. The van der Waals surface area contributed by atoms with E-state index in [4.69, 9.17) is 0 Å². The molecule has 0 aliphatic carbocycles. The Hall–Kier alpha value is -0.280. The molecule has 0 spiro atoms. The fourth-order valence-electron chi connectivity index (χ4n) is 3.54. The van der Waals surface area contributed by atoms with Gasteiger partial charge in [-0.2, -0.15) is 0 Å². The van der Waals surface area contributed by atoms with Gasteiger partial charge in [-0.1, -0.05) is 13.8 Å². The minimum Gasteiger partial charge on any atom is -0.339 e. The maximum Gasteiger partial charge on any atom is 0.226 e. The van der Waals surface area contributed by atoms with E-state index in [0.717, 1.165) is 31.8 Å². The molecule has 0 bridgehead atoms. The lowest BCUT2D eigenvalue weighted by Gasteiger charge is -2.33. The average molecular weight is 303 g/mol. The number of halogens is 1. The van der Waals surface area contributed by atoms with Crippen LogP contribution in [0.4, 0.5) is 0 Å². The molecule has 0 aromatic heterocycles. The van der Waals surface area contributed by atoms with Crippen LogP contribution < -0.4 is 5.32 Å². The number of amides is 1. The highest BCUT2D eigenvalue weighted by Gasteiger charge is 2.34. The molecule has 4 heteroatoms. The summed E-state index contributed by atoms with van der Waals surface area (Å²) in [5.74, 6) is 1.46. The van der Waals surface area contributed by atoms with E-state index in [9.17, 15) is 4.79 Å². The summed E-state index contributed by atoms with van der Waals surface area (Å²) in [6.07, 6.45) is 6.91. The summed E-state index contributed by atoms with van der Waals surface area (Å²) in [4.78, 5) is 14.9. The van der Waals surface area contributed by atoms with Crippen LogP contribution in [-0.4, -0.2) is 36.0 Å². The van der Waals surface area contributed by atoms with Gasteiger partial charge >= 0.3 is 0 Å². The van der Waals surface area contributed by atoms with Gasteiger partial charge in [0.15, 0.2) is 0 Å². The van der Waals surface area contributed by atoms with Crippen LogP contribution in [-0.2, 0) is 4.79 Å². The van der Waals surface area contributed by atoms with Crippen LogP contribution in [0.15, 0.2) is 0 Å². The van der Waals surface area contributed by atoms with Gasteiger partial charge in [0.05, 0.1) is 0 Å². The van der Waals surface area contributed by atoms with Crippen molar-refractivity contribution in [2.75, 3.05) is 13.1 Å². The molecule has 0 aromatic rings. The van der Waals surface area contributed by atoms with Crippen LogP contribution in [0, 0.1) is 11.8 Å². The maximum atomic E-state index is 12.7. The van der Waals surface area contributed by atoms with Gasteiger partial charge in [-0.05, 0) is 57.9 Å². The van der Waals surface area contributed by atoms with Gasteiger partial charge in [0, 0.05) is 24.5 Å². The first kappa shape index (κ1) is 17.8. The lowest BCUT2D eigenvalue weighted by molar-refractivity contribution is -0.137. The number of hydrogen-bond donors (Lipinski definition) is 1. The molecule has 3 nitrogen and oxygen atoms in total. The minimum atomic E-state index is 0.